The number of rotatable bonds is 4. The van der Waals surface area contributed by atoms with Crippen LogP contribution in [-0.2, 0) is 4.74 Å². The molecule has 1 aromatic rings. The molecule has 0 aromatic carbocycles. The second kappa shape index (κ2) is 5.07. The summed E-state index contributed by atoms with van der Waals surface area (Å²) in [6, 6.07) is 2.04. The van der Waals surface area contributed by atoms with E-state index >= 15 is 0 Å². The molecule has 1 N–H and O–H groups in total. The van der Waals surface area contributed by atoms with Gasteiger partial charge in [-0.15, -0.1) is 0 Å². The molecule has 82 valence electrons. The highest BCUT2D eigenvalue weighted by molar-refractivity contribution is 5.35. The van der Waals surface area contributed by atoms with Gasteiger partial charge in [0.2, 0.25) is 0 Å². The van der Waals surface area contributed by atoms with Crippen LogP contribution >= 0.6 is 0 Å². The SMILES string of the molecule is CCCNc1cc(C2CCOC2)ncn1. The molecule has 0 amide bonds. The summed E-state index contributed by atoms with van der Waals surface area (Å²) in [6.45, 7) is 4.74. The fourth-order valence-corrected chi connectivity index (χ4v) is 1.71. The molecule has 1 unspecified atom stereocenters. The lowest BCUT2D eigenvalue weighted by Gasteiger charge is -2.09. The summed E-state index contributed by atoms with van der Waals surface area (Å²) in [5.41, 5.74) is 1.10. The smallest absolute Gasteiger partial charge is 0.129 e. The largest absolute Gasteiger partial charge is 0.381 e. The van der Waals surface area contributed by atoms with Crippen LogP contribution in [0.2, 0.25) is 0 Å². The highest BCUT2D eigenvalue weighted by Gasteiger charge is 2.19. The molecule has 0 bridgehead atoms. The lowest BCUT2D eigenvalue weighted by atomic mass is 10.1. The number of anilines is 1. The maximum atomic E-state index is 5.35. The fourth-order valence-electron chi connectivity index (χ4n) is 1.71. The number of aromatic nitrogens is 2. The Kier molecular flexibility index (Phi) is 3.50. The Bertz CT molecular complexity index is 310. The molecule has 0 saturated carbocycles. The summed E-state index contributed by atoms with van der Waals surface area (Å²) in [4.78, 5) is 8.48. The van der Waals surface area contributed by atoms with Crippen molar-refractivity contribution in [3.63, 3.8) is 0 Å². The number of hydrogen-bond acceptors (Lipinski definition) is 4. The number of ether oxygens (including phenoxy) is 1. The van der Waals surface area contributed by atoms with E-state index < -0.39 is 0 Å². The zero-order valence-electron chi connectivity index (χ0n) is 9.07. The monoisotopic (exact) mass is 207 g/mol. The van der Waals surface area contributed by atoms with E-state index in [-0.39, 0.29) is 0 Å². The number of nitrogens with zero attached hydrogens (tertiary/aromatic N) is 2. The van der Waals surface area contributed by atoms with E-state index in [0.29, 0.717) is 5.92 Å². The Morgan fingerprint density at radius 1 is 1.53 bits per heavy atom. The van der Waals surface area contributed by atoms with E-state index in [1.165, 1.54) is 0 Å². The van der Waals surface area contributed by atoms with Crippen LogP contribution in [0.15, 0.2) is 12.4 Å². The van der Waals surface area contributed by atoms with E-state index in [0.717, 1.165) is 44.1 Å². The summed E-state index contributed by atoms with van der Waals surface area (Å²) >= 11 is 0. The standard InChI is InChI=1S/C11H17N3O/c1-2-4-12-11-6-10(13-8-14-11)9-3-5-15-7-9/h6,8-9H,2-5,7H2,1H3,(H,12,13,14). The van der Waals surface area contributed by atoms with Gasteiger partial charge in [-0.2, -0.15) is 0 Å². The van der Waals surface area contributed by atoms with Gasteiger partial charge in [0.25, 0.3) is 0 Å². The van der Waals surface area contributed by atoms with Gasteiger partial charge in [0.15, 0.2) is 0 Å². The molecule has 1 fully saturated rings. The van der Waals surface area contributed by atoms with Crippen molar-refractivity contribution in [1.29, 1.82) is 0 Å². The van der Waals surface area contributed by atoms with Crippen molar-refractivity contribution in [2.24, 2.45) is 0 Å². The van der Waals surface area contributed by atoms with Gasteiger partial charge in [-0.1, -0.05) is 6.92 Å². The Morgan fingerprint density at radius 2 is 2.47 bits per heavy atom. The van der Waals surface area contributed by atoms with E-state index in [1.54, 1.807) is 6.33 Å². The maximum Gasteiger partial charge on any atom is 0.129 e. The lowest BCUT2D eigenvalue weighted by Crippen LogP contribution is -2.06. The number of nitrogens with one attached hydrogen (secondary N) is 1. The van der Waals surface area contributed by atoms with E-state index in [1.807, 2.05) is 6.07 Å². The van der Waals surface area contributed by atoms with Gasteiger partial charge >= 0.3 is 0 Å². The highest BCUT2D eigenvalue weighted by atomic mass is 16.5. The van der Waals surface area contributed by atoms with Gasteiger partial charge in [-0.3, -0.25) is 0 Å². The van der Waals surface area contributed by atoms with Gasteiger partial charge in [0.1, 0.15) is 12.1 Å². The molecule has 2 heterocycles. The Labute approximate surface area is 90.1 Å². The quantitative estimate of drug-likeness (QED) is 0.817. The van der Waals surface area contributed by atoms with Crippen LogP contribution < -0.4 is 5.32 Å². The third kappa shape index (κ3) is 2.65. The molecule has 4 nitrogen and oxygen atoms in total. The first-order valence-electron chi connectivity index (χ1n) is 5.53. The number of hydrogen-bond donors (Lipinski definition) is 1. The lowest BCUT2D eigenvalue weighted by molar-refractivity contribution is 0.193. The minimum Gasteiger partial charge on any atom is -0.381 e. The second-order valence-corrected chi connectivity index (χ2v) is 3.82. The van der Waals surface area contributed by atoms with Crippen molar-refractivity contribution < 1.29 is 4.74 Å². The van der Waals surface area contributed by atoms with Crippen molar-refractivity contribution in [2.75, 3.05) is 25.1 Å². The maximum absolute atomic E-state index is 5.35. The molecule has 4 heteroatoms. The zero-order valence-corrected chi connectivity index (χ0v) is 9.07. The molecule has 0 aliphatic carbocycles. The van der Waals surface area contributed by atoms with Crippen LogP contribution in [0.5, 0.6) is 0 Å². The van der Waals surface area contributed by atoms with Crippen molar-refractivity contribution in [3.8, 4) is 0 Å². The Morgan fingerprint density at radius 3 is 3.20 bits per heavy atom. The predicted octanol–water partition coefficient (Wildman–Crippen LogP) is 1.80. The summed E-state index contributed by atoms with van der Waals surface area (Å²) in [5.74, 6) is 1.38. The van der Waals surface area contributed by atoms with E-state index in [9.17, 15) is 0 Å². The minimum atomic E-state index is 0.454. The summed E-state index contributed by atoms with van der Waals surface area (Å²) in [5, 5.41) is 3.27. The molecule has 1 aromatic heterocycles. The van der Waals surface area contributed by atoms with Crippen LogP contribution in [0.25, 0.3) is 0 Å². The second-order valence-electron chi connectivity index (χ2n) is 3.82. The van der Waals surface area contributed by atoms with Gasteiger partial charge in [-0.05, 0) is 12.8 Å². The summed E-state index contributed by atoms with van der Waals surface area (Å²) in [6.07, 6.45) is 3.81. The minimum absolute atomic E-state index is 0.454. The molecular weight excluding hydrogens is 190 g/mol. The van der Waals surface area contributed by atoms with Gasteiger partial charge in [0.05, 0.1) is 12.3 Å². The van der Waals surface area contributed by atoms with E-state index in [4.69, 9.17) is 4.74 Å². The zero-order chi connectivity index (χ0) is 10.5. The molecule has 0 radical (unpaired) electrons. The Hall–Kier alpha value is -1.16. The van der Waals surface area contributed by atoms with Crippen LogP contribution in [0.4, 0.5) is 5.82 Å². The predicted molar refractivity (Wildman–Crippen MR) is 59.0 cm³/mol. The van der Waals surface area contributed by atoms with Crippen molar-refractivity contribution in [3.05, 3.63) is 18.1 Å². The molecule has 2 rings (SSSR count). The van der Waals surface area contributed by atoms with Gasteiger partial charge in [0, 0.05) is 25.1 Å². The van der Waals surface area contributed by atoms with Crippen molar-refractivity contribution >= 4 is 5.82 Å². The van der Waals surface area contributed by atoms with Gasteiger partial charge < -0.3 is 10.1 Å². The van der Waals surface area contributed by atoms with E-state index in [2.05, 4.69) is 22.2 Å². The highest BCUT2D eigenvalue weighted by Crippen LogP contribution is 2.24. The average Bonchev–Trinajstić information content (AvgIpc) is 2.80. The molecule has 1 aliphatic heterocycles. The first kappa shape index (κ1) is 10.4. The molecule has 1 saturated heterocycles. The summed E-state index contributed by atoms with van der Waals surface area (Å²) in [7, 11) is 0. The third-order valence-corrected chi connectivity index (χ3v) is 2.59. The Balaban J connectivity index is 2.04. The molecule has 15 heavy (non-hydrogen) atoms. The molecule has 0 spiro atoms. The van der Waals surface area contributed by atoms with Crippen LogP contribution in [-0.4, -0.2) is 29.7 Å². The van der Waals surface area contributed by atoms with Crippen LogP contribution in [0, 0.1) is 0 Å². The fraction of sp³-hybridized carbons (Fsp3) is 0.636. The average molecular weight is 207 g/mol. The third-order valence-electron chi connectivity index (χ3n) is 2.59. The first-order valence-corrected chi connectivity index (χ1v) is 5.53. The van der Waals surface area contributed by atoms with Crippen LogP contribution in [0.1, 0.15) is 31.4 Å². The van der Waals surface area contributed by atoms with Crippen molar-refractivity contribution in [2.45, 2.75) is 25.7 Å². The molecule has 1 atom stereocenters. The van der Waals surface area contributed by atoms with Gasteiger partial charge in [-0.25, -0.2) is 9.97 Å². The topological polar surface area (TPSA) is 47.0 Å². The molecule has 1 aliphatic rings. The molecular formula is C11H17N3O. The van der Waals surface area contributed by atoms with Crippen molar-refractivity contribution in [1.82, 2.24) is 9.97 Å². The van der Waals surface area contributed by atoms with Crippen LogP contribution in [0.3, 0.4) is 0 Å². The first-order chi connectivity index (χ1) is 7.40. The normalized spacial score (nSPS) is 20.5. The summed E-state index contributed by atoms with van der Waals surface area (Å²) < 4.78 is 5.35.